The predicted molar refractivity (Wildman–Crippen MR) is 92.7 cm³/mol. The van der Waals surface area contributed by atoms with Crippen LogP contribution in [0, 0.1) is 5.92 Å². The molecule has 3 heterocycles. The van der Waals surface area contributed by atoms with Crippen LogP contribution in [0.3, 0.4) is 0 Å². The fourth-order valence-electron chi connectivity index (χ4n) is 3.58. The Morgan fingerprint density at radius 2 is 2.25 bits per heavy atom. The zero-order valence-electron chi connectivity index (χ0n) is 14.0. The van der Waals surface area contributed by atoms with Crippen molar-refractivity contribution in [2.45, 2.75) is 13.0 Å². The summed E-state index contributed by atoms with van der Waals surface area (Å²) >= 11 is 0. The second kappa shape index (κ2) is 6.79. The number of furan rings is 1. The first-order chi connectivity index (χ1) is 11.8. The highest BCUT2D eigenvalue weighted by Gasteiger charge is 2.20. The van der Waals surface area contributed by atoms with Gasteiger partial charge in [0.15, 0.2) is 0 Å². The first-order valence-corrected chi connectivity index (χ1v) is 8.50. The van der Waals surface area contributed by atoms with E-state index in [0.717, 1.165) is 44.9 Å². The number of nitrogens with zero attached hydrogens (tertiary/aromatic N) is 3. The third-order valence-corrected chi connectivity index (χ3v) is 4.68. The van der Waals surface area contributed by atoms with Crippen LogP contribution < -0.4 is 0 Å². The smallest absolute Gasteiger partial charge is 0.134 e. The normalized spacial score (nSPS) is 19.6. The summed E-state index contributed by atoms with van der Waals surface area (Å²) in [4.78, 5) is 2.48. The summed E-state index contributed by atoms with van der Waals surface area (Å²) in [5.74, 6) is 0.490. The van der Waals surface area contributed by atoms with Gasteiger partial charge in [-0.15, -0.1) is 0 Å². The lowest BCUT2D eigenvalue weighted by Gasteiger charge is -2.23. The molecule has 3 aromatic rings. The van der Waals surface area contributed by atoms with Crippen LogP contribution in [0.25, 0.3) is 11.0 Å². The molecule has 0 amide bonds. The number of aromatic nitrogens is 2. The van der Waals surface area contributed by atoms with E-state index in [-0.39, 0.29) is 0 Å². The molecule has 4 rings (SSSR count). The van der Waals surface area contributed by atoms with Gasteiger partial charge in [0.25, 0.3) is 0 Å². The van der Waals surface area contributed by atoms with Crippen LogP contribution in [0.4, 0.5) is 0 Å². The minimum absolute atomic E-state index is 0.490. The molecule has 5 nitrogen and oxygen atoms in total. The summed E-state index contributed by atoms with van der Waals surface area (Å²) in [5, 5.41) is 5.49. The highest BCUT2D eigenvalue weighted by atomic mass is 16.5. The van der Waals surface area contributed by atoms with Crippen molar-refractivity contribution < 1.29 is 9.15 Å². The van der Waals surface area contributed by atoms with E-state index in [4.69, 9.17) is 9.15 Å². The first-order valence-electron chi connectivity index (χ1n) is 8.50. The zero-order chi connectivity index (χ0) is 16.4. The molecule has 0 unspecified atom stereocenters. The largest absolute Gasteiger partial charge is 0.464 e. The number of ether oxygens (including phenoxy) is 1. The maximum absolute atomic E-state index is 5.86. The molecule has 1 saturated heterocycles. The molecule has 1 aliphatic rings. The highest BCUT2D eigenvalue weighted by molar-refractivity contribution is 5.80. The van der Waals surface area contributed by atoms with Crippen LogP contribution in [0.5, 0.6) is 0 Å². The molecule has 24 heavy (non-hydrogen) atoms. The minimum Gasteiger partial charge on any atom is -0.464 e. The average Bonchev–Trinajstić information content (AvgIpc) is 3.15. The van der Waals surface area contributed by atoms with E-state index in [0.29, 0.717) is 5.92 Å². The highest BCUT2D eigenvalue weighted by Crippen LogP contribution is 2.24. The van der Waals surface area contributed by atoms with E-state index in [9.17, 15) is 0 Å². The molecule has 0 bridgehead atoms. The molecule has 1 aromatic carbocycles. The van der Waals surface area contributed by atoms with E-state index in [1.165, 1.54) is 16.5 Å². The van der Waals surface area contributed by atoms with Gasteiger partial charge in [-0.1, -0.05) is 12.1 Å². The maximum atomic E-state index is 5.86. The van der Waals surface area contributed by atoms with Crippen LogP contribution in [0.2, 0.25) is 0 Å². The van der Waals surface area contributed by atoms with Crippen LogP contribution >= 0.6 is 0 Å². The fourth-order valence-corrected chi connectivity index (χ4v) is 3.58. The summed E-state index contributed by atoms with van der Waals surface area (Å²) in [6.45, 7) is 4.57. The lowest BCUT2D eigenvalue weighted by Crippen LogP contribution is -2.30. The Labute approximate surface area is 141 Å². The van der Waals surface area contributed by atoms with Gasteiger partial charge >= 0.3 is 0 Å². The topological polar surface area (TPSA) is 43.4 Å². The van der Waals surface area contributed by atoms with Gasteiger partial charge in [-0.05, 0) is 30.0 Å². The summed E-state index contributed by atoms with van der Waals surface area (Å²) in [6, 6.07) is 8.37. The molecule has 126 valence electrons. The molecule has 0 saturated carbocycles. The molecule has 0 N–H and O–H groups in total. The second-order valence-electron chi connectivity index (χ2n) is 6.65. The predicted octanol–water partition coefficient (Wildman–Crippen LogP) is 2.86. The number of hydrogen-bond donors (Lipinski definition) is 0. The number of rotatable bonds is 4. The monoisotopic (exact) mass is 325 g/mol. The standard InChI is InChI=1S/C19H23N3O2/c1-21-11-16(10-20-21)13-22-6-8-23-14-15(12-22)9-17-3-2-4-19-18(17)5-7-24-19/h2-5,7,10-11,15H,6,8-9,12-14H2,1H3/t15-/m0/s1. The van der Waals surface area contributed by atoms with Crippen molar-refractivity contribution >= 4 is 11.0 Å². The molecule has 2 aromatic heterocycles. The van der Waals surface area contributed by atoms with Gasteiger partial charge in [0.1, 0.15) is 5.58 Å². The average molecular weight is 325 g/mol. The van der Waals surface area contributed by atoms with Crippen molar-refractivity contribution in [3.8, 4) is 0 Å². The van der Waals surface area contributed by atoms with Gasteiger partial charge in [0.2, 0.25) is 0 Å². The molecular weight excluding hydrogens is 302 g/mol. The summed E-state index contributed by atoms with van der Waals surface area (Å²) in [7, 11) is 1.96. The zero-order valence-corrected chi connectivity index (χ0v) is 14.0. The second-order valence-corrected chi connectivity index (χ2v) is 6.65. The van der Waals surface area contributed by atoms with Gasteiger partial charge < -0.3 is 9.15 Å². The van der Waals surface area contributed by atoms with E-state index < -0.39 is 0 Å². The quantitative estimate of drug-likeness (QED) is 0.740. The molecule has 5 heteroatoms. The van der Waals surface area contributed by atoms with Crippen molar-refractivity contribution in [3.63, 3.8) is 0 Å². The van der Waals surface area contributed by atoms with Crippen molar-refractivity contribution in [3.05, 3.63) is 54.0 Å². The van der Waals surface area contributed by atoms with E-state index in [1.807, 2.05) is 24.0 Å². The molecule has 1 atom stereocenters. The fraction of sp³-hybridized carbons (Fsp3) is 0.421. The number of aryl methyl sites for hydroxylation is 1. The van der Waals surface area contributed by atoms with Crippen molar-refractivity contribution in [1.29, 1.82) is 0 Å². The van der Waals surface area contributed by atoms with E-state index in [2.05, 4.69) is 34.4 Å². The Morgan fingerprint density at radius 1 is 1.29 bits per heavy atom. The summed E-state index contributed by atoms with van der Waals surface area (Å²) in [5.41, 5.74) is 3.57. The lowest BCUT2D eigenvalue weighted by molar-refractivity contribution is 0.122. The van der Waals surface area contributed by atoms with Gasteiger partial charge in [0, 0.05) is 43.8 Å². The summed E-state index contributed by atoms with van der Waals surface area (Å²) in [6.07, 6.45) is 6.83. The van der Waals surface area contributed by atoms with Gasteiger partial charge in [-0.3, -0.25) is 9.58 Å². The Morgan fingerprint density at radius 3 is 3.12 bits per heavy atom. The van der Waals surface area contributed by atoms with Crippen LogP contribution in [0.1, 0.15) is 11.1 Å². The van der Waals surface area contributed by atoms with Crippen molar-refractivity contribution in [2.75, 3.05) is 26.3 Å². The van der Waals surface area contributed by atoms with E-state index in [1.54, 1.807) is 6.26 Å². The molecular formula is C19H23N3O2. The van der Waals surface area contributed by atoms with Gasteiger partial charge in [-0.25, -0.2) is 0 Å². The number of fused-ring (bicyclic) bond motifs is 1. The maximum Gasteiger partial charge on any atom is 0.134 e. The Hall–Kier alpha value is -2.11. The SMILES string of the molecule is Cn1cc(CN2CCOC[C@@H](Cc3cccc4occc34)C2)cn1. The Balaban J connectivity index is 1.47. The molecule has 1 fully saturated rings. The number of hydrogen-bond acceptors (Lipinski definition) is 4. The lowest BCUT2D eigenvalue weighted by atomic mass is 9.97. The first kappa shape index (κ1) is 15.4. The van der Waals surface area contributed by atoms with E-state index >= 15 is 0 Å². The third kappa shape index (κ3) is 3.37. The molecule has 0 aliphatic carbocycles. The van der Waals surface area contributed by atoms with Crippen molar-refractivity contribution in [1.82, 2.24) is 14.7 Å². The Kier molecular flexibility index (Phi) is 4.36. The minimum atomic E-state index is 0.490. The number of benzene rings is 1. The third-order valence-electron chi connectivity index (χ3n) is 4.68. The summed E-state index contributed by atoms with van der Waals surface area (Å²) < 4.78 is 13.2. The van der Waals surface area contributed by atoms with Crippen LogP contribution in [-0.4, -0.2) is 41.0 Å². The van der Waals surface area contributed by atoms with Crippen LogP contribution in [0.15, 0.2) is 47.3 Å². The van der Waals surface area contributed by atoms with Crippen LogP contribution in [-0.2, 0) is 24.8 Å². The molecule has 0 spiro atoms. The van der Waals surface area contributed by atoms with Crippen molar-refractivity contribution in [2.24, 2.45) is 13.0 Å². The molecule has 1 aliphatic heterocycles. The van der Waals surface area contributed by atoms with Gasteiger partial charge in [-0.2, -0.15) is 5.10 Å². The Bertz CT molecular complexity index is 808. The molecule has 0 radical (unpaired) electrons. The van der Waals surface area contributed by atoms with Gasteiger partial charge in [0.05, 0.1) is 25.7 Å².